The van der Waals surface area contributed by atoms with Gasteiger partial charge in [0.1, 0.15) is 0 Å². The van der Waals surface area contributed by atoms with Crippen LogP contribution in [0.5, 0.6) is 0 Å². The van der Waals surface area contributed by atoms with Gasteiger partial charge >= 0.3 is 100 Å². The molecule has 2 saturated carbocycles. The van der Waals surface area contributed by atoms with Crippen molar-refractivity contribution in [3.05, 3.63) is 0 Å². The van der Waals surface area contributed by atoms with Gasteiger partial charge < -0.3 is 0 Å². The fraction of sp³-hybridized carbons (Fsp3) is 0.900. The average Bonchev–Trinajstić information content (AvgIpc) is 2.69. The molecule has 74 valence electrons. The summed E-state index contributed by atoms with van der Waals surface area (Å²) in [5.41, 5.74) is -0.161. The molecule has 3 rings (SSSR count). The fourth-order valence-electron chi connectivity index (χ4n) is 4.05. The number of carbonyl (C=O) groups excluding carboxylic acids is 1. The molecule has 0 aromatic heterocycles. The van der Waals surface area contributed by atoms with Gasteiger partial charge in [-0.15, -0.1) is 0 Å². The van der Waals surface area contributed by atoms with Crippen molar-refractivity contribution in [1.82, 2.24) is 0 Å². The SMILES string of the molecule is C[C@@H]1[C@@H]2C[C@H]3[C@H](OC(=O)[C@@]13C)[C@H]2[Hg][Cl]. The van der Waals surface area contributed by atoms with Crippen LogP contribution in [-0.2, 0) is 32.9 Å². The molecule has 14 heavy (non-hydrogen) atoms. The van der Waals surface area contributed by atoms with Crippen LogP contribution in [0, 0.1) is 23.2 Å². The van der Waals surface area contributed by atoms with Crippen LogP contribution in [0.2, 0.25) is 3.43 Å². The zero-order chi connectivity index (χ0) is 10.1. The molecule has 2 aliphatic carbocycles. The molecule has 2 nitrogen and oxygen atoms in total. The van der Waals surface area contributed by atoms with E-state index in [1.807, 2.05) is 0 Å². The number of carbonyl (C=O) groups is 1. The molecular weight excluding hydrogens is 388 g/mol. The van der Waals surface area contributed by atoms with E-state index in [0.29, 0.717) is 21.2 Å². The Morgan fingerprint density at radius 1 is 1.64 bits per heavy atom. The molecule has 6 atom stereocenters. The van der Waals surface area contributed by atoms with E-state index < -0.39 is 23.3 Å². The molecule has 0 spiro atoms. The van der Waals surface area contributed by atoms with E-state index in [-0.39, 0.29) is 17.5 Å². The molecule has 1 heterocycles. The Morgan fingerprint density at radius 3 is 3.00 bits per heavy atom. The summed E-state index contributed by atoms with van der Waals surface area (Å²) in [6, 6.07) is 0. The molecule has 1 saturated heterocycles. The van der Waals surface area contributed by atoms with Gasteiger partial charge in [-0.1, -0.05) is 0 Å². The summed E-state index contributed by atoms with van der Waals surface area (Å²) >= 11 is -1.27. The van der Waals surface area contributed by atoms with Crippen molar-refractivity contribution in [1.29, 1.82) is 0 Å². The molecule has 1 aliphatic heterocycles. The molecule has 0 amide bonds. The van der Waals surface area contributed by atoms with Gasteiger partial charge in [0.25, 0.3) is 0 Å². The van der Waals surface area contributed by atoms with Gasteiger partial charge in [0.15, 0.2) is 0 Å². The summed E-state index contributed by atoms with van der Waals surface area (Å²) < 4.78 is 6.18. The van der Waals surface area contributed by atoms with E-state index in [1.165, 1.54) is 6.42 Å². The summed E-state index contributed by atoms with van der Waals surface area (Å²) in [6.07, 6.45) is 1.43. The predicted octanol–water partition coefficient (Wildman–Crippen LogP) is 2.23. The summed E-state index contributed by atoms with van der Waals surface area (Å²) in [5, 5.41) is 0. The van der Waals surface area contributed by atoms with Crippen LogP contribution in [0.3, 0.4) is 0 Å². The molecular formula is C10H13ClHgO2. The van der Waals surface area contributed by atoms with E-state index >= 15 is 0 Å². The Kier molecular flexibility index (Phi) is 2.03. The maximum atomic E-state index is 11.8. The van der Waals surface area contributed by atoms with Crippen molar-refractivity contribution >= 4 is 14.2 Å². The zero-order valence-electron chi connectivity index (χ0n) is 8.50. The number of ether oxygens (including phenoxy) is 1. The molecule has 2 bridgehead atoms. The van der Waals surface area contributed by atoms with Crippen LogP contribution in [-0.4, -0.2) is 12.1 Å². The van der Waals surface area contributed by atoms with Gasteiger partial charge in [-0.2, -0.15) is 0 Å². The third kappa shape index (κ3) is 0.869. The van der Waals surface area contributed by atoms with Gasteiger partial charge in [-0.05, 0) is 0 Å². The van der Waals surface area contributed by atoms with Crippen molar-refractivity contribution in [2.45, 2.75) is 29.8 Å². The summed E-state index contributed by atoms with van der Waals surface area (Å²) in [4.78, 5) is 11.8. The van der Waals surface area contributed by atoms with Crippen molar-refractivity contribution in [3.63, 3.8) is 0 Å². The minimum atomic E-state index is -1.27. The second kappa shape index (κ2) is 2.88. The predicted molar refractivity (Wildman–Crippen MR) is 48.4 cm³/mol. The topological polar surface area (TPSA) is 26.3 Å². The standard InChI is InChI=1S/C10H13O2.ClH.Hg/c1-5-6-3-7-8(4-6)12-9(11)10(5,7)2;;/h4-8H,3H2,1-2H3;1H;/q;;+1/p-1/t5-,6-,7+,8-,10+;;/m1../s1. The van der Waals surface area contributed by atoms with E-state index in [0.717, 1.165) is 0 Å². The first-order chi connectivity index (χ1) is 6.60. The number of esters is 1. The average molecular weight is 401 g/mol. The Hall–Kier alpha value is 0.695. The normalized spacial score (nSPS) is 58.8. The maximum absolute atomic E-state index is 11.8. The van der Waals surface area contributed by atoms with Crippen molar-refractivity contribution in [2.24, 2.45) is 23.2 Å². The van der Waals surface area contributed by atoms with Gasteiger partial charge in [0.05, 0.1) is 0 Å². The Balaban J connectivity index is 2.07. The van der Waals surface area contributed by atoms with Crippen LogP contribution >= 0.6 is 8.25 Å². The first-order valence-electron chi connectivity index (χ1n) is 5.37. The van der Waals surface area contributed by atoms with Gasteiger partial charge in [0.2, 0.25) is 0 Å². The van der Waals surface area contributed by atoms with Crippen molar-refractivity contribution < 1.29 is 32.9 Å². The van der Waals surface area contributed by atoms with Gasteiger partial charge in [0, 0.05) is 0 Å². The monoisotopic (exact) mass is 402 g/mol. The molecule has 0 N–H and O–H groups in total. The van der Waals surface area contributed by atoms with E-state index in [4.69, 9.17) is 13.0 Å². The quantitative estimate of drug-likeness (QED) is 0.498. The number of hydrogen-bond acceptors (Lipinski definition) is 2. The van der Waals surface area contributed by atoms with Crippen LogP contribution < -0.4 is 0 Å². The van der Waals surface area contributed by atoms with E-state index in [9.17, 15) is 4.79 Å². The Morgan fingerprint density at radius 2 is 2.36 bits per heavy atom. The summed E-state index contributed by atoms with van der Waals surface area (Å²) in [6.45, 7) is 4.33. The molecule has 0 aromatic carbocycles. The Bertz CT molecular complexity index is 308. The second-order valence-corrected chi connectivity index (χ2v) is 12.8. The first-order valence-corrected chi connectivity index (χ1v) is 15.3. The van der Waals surface area contributed by atoms with Crippen LogP contribution in [0.15, 0.2) is 0 Å². The molecule has 0 unspecified atom stereocenters. The molecule has 0 aromatic rings. The molecule has 4 heteroatoms. The molecule has 0 radical (unpaired) electrons. The second-order valence-electron chi connectivity index (χ2n) is 5.27. The summed E-state index contributed by atoms with van der Waals surface area (Å²) in [7, 11) is 6.18. The van der Waals surface area contributed by atoms with Gasteiger partial charge in [-0.25, -0.2) is 0 Å². The van der Waals surface area contributed by atoms with Gasteiger partial charge in [-0.3, -0.25) is 0 Å². The Labute approximate surface area is 99.6 Å². The zero-order valence-corrected chi connectivity index (χ0v) is 14.7. The fourth-order valence-corrected chi connectivity index (χ4v) is 13.2. The molecule has 3 fully saturated rings. The number of halogens is 1. The van der Waals surface area contributed by atoms with Crippen molar-refractivity contribution in [2.75, 3.05) is 0 Å². The van der Waals surface area contributed by atoms with Crippen LogP contribution in [0.25, 0.3) is 0 Å². The van der Waals surface area contributed by atoms with Crippen LogP contribution in [0.4, 0.5) is 0 Å². The first kappa shape index (κ1) is 9.89. The minimum absolute atomic E-state index is 0.0588. The van der Waals surface area contributed by atoms with E-state index in [1.54, 1.807) is 0 Å². The third-order valence-electron chi connectivity index (χ3n) is 5.11. The van der Waals surface area contributed by atoms with E-state index in [2.05, 4.69) is 13.8 Å². The number of fused-ring (bicyclic) bond motifs is 1. The summed E-state index contributed by atoms with van der Waals surface area (Å²) in [5.74, 6) is 1.77. The van der Waals surface area contributed by atoms with Crippen molar-refractivity contribution in [3.8, 4) is 0 Å². The number of rotatable bonds is 1. The van der Waals surface area contributed by atoms with Crippen LogP contribution in [0.1, 0.15) is 20.3 Å². The number of hydrogen-bond donors (Lipinski definition) is 0. The third-order valence-corrected chi connectivity index (χ3v) is 13.8. The molecule has 3 aliphatic rings.